The van der Waals surface area contributed by atoms with Crippen molar-refractivity contribution in [1.82, 2.24) is 25.1 Å². The SMILES string of the molecule is COC(=O)NC(C)CNc1nccc(-c2cn(C(C)C)nc2-c2cc(Cl)cc(NS(C)(=O)=O)c2Cl)n1. The molecule has 3 aromatic rings. The van der Waals surface area contributed by atoms with Crippen molar-refractivity contribution in [2.75, 3.05) is 29.9 Å². The third-order valence-corrected chi connectivity index (χ3v) is 6.11. The lowest BCUT2D eigenvalue weighted by Crippen LogP contribution is -2.37. The number of benzene rings is 1. The predicted molar refractivity (Wildman–Crippen MR) is 141 cm³/mol. The van der Waals surface area contributed by atoms with Crippen LogP contribution in [0, 0.1) is 0 Å². The molecule has 11 nitrogen and oxygen atoms in total. The summed E-state index contributed by atoms with van der Waals surface area (Å²) in [5, 5.41) is 10.9. The lowest BCUT2D eigenvalue weighted by Gasteiger charge is -2.14. The fourth-order valence-electron chi connectivity index (χ4n) is 3.23. The van der Waals surface area contributed by atoms with Crippen molar-refractivity contribution < 1.29 is 17.9 Å². The average molecular weight is 556 g/mol. The third-order valence-electron chi connectivity index (χ3n) is 4.90. The molecule has 0 aliphatic heterocycles. The number of methoxy groups -OCH3 is 1. The van der Waals surface area contributed by atoms with Crippen LogP contribution >= 0.6 is 23.2 Å². The van der Waals surface area contributed by atoms with Crippen molar-refractivity contribution >= 4 is 51.0 Å². The van der Waals surface area contributed by atoms with Gasteiger partial charge >= 0.3 is 6.09 Å². The number of hydrogen-bond acceptors (Lipinski definition) is 8. The molecule has 2 aromatic heterocycles. The number of amides is 1. The van der Waals surface area contributed by atoms with E-state index in [1.165, 1.54) is 13.2 Å². The molecule has 14 heteroatoms. The molecule has 0 spiro atoms. The molecule has 0 radical (unpaired) electrons. The minimum absolute atomic E-state index is 0.0220. The molecule has 1 unspecified atom stereocenters. The number of carbonyl (C=O) groups is 1. The molecule has 0 saturated carbocycles. The summed E-state index contributed by atoms with van der Waals surface area (Å²) in [5.41, 5.74) is 2.25. The van der Waals surface area contributed by atoms with Crippen molar-refractivity contribution in [3.05, 3.63) is 40.6 Å². The number of alkyl carbamates (subject to hydrolysis) is 1. The second-order valence-corrected chi connectivity index (χ2v) is 10.9. The molecular weight excluding hydrogens is 529 g/mol. The maximum absolute atomic E-state index is 11.8. The second-order valence-electron chi connectivity index (χ2n) is 8.34. The summed E-state index contributed by atoms with van der Waals surface area (Å²) in [6.45, 7) is 6.11. The molecule has 0 fully saturated rings. The standard InChI is InChI=1S/C22H27Cl2N7O4S/c1-12(2)31-11-16(17-6-7-25-21(28-17)26-10-13(3)27-22(32)35-4)20(29-31)15-8-14(23)9-18(19(15)24)30-36(5,33)34/h6-9,11-13,30H,10H2,1-5H3,(H,27,32)(H,25,26,28). The fraction of sp³-hybridized carbons (Fsp3) is 0.364. The monoisotopic (exact) mass is 555 g/mol. The smallest absolute Gasteiger partial charge is 0.407 e. The van der Waals surface area contributed by atoms with E-state index in [4.69, 9.17) is 28.3 Å². The van der Waals surface area contributed by atoms with E-state index < -0.39 is 16.1 Å². The van der Waals surface area contributed by atoms with Crippen LogP contribution < -0.4 is 15.4 Å². The fourth-order valence-corrected chi connectivity index (χ4v) is 4.31. The van der Waals surface area contributed by atoms with Crippen LogP contribution in [0.3, 0.4) is 0 Å². The number of rotatable bonds is 9. The Labute approximate surface area is 219 Å². The first kappa shape index (κ1) is 27.5. The van der Waals surface area contributed by atoms with Crippen LogP contribution in [-0.2, 0) is 14.8 Å². The van der Waals surface area contributed by atoms with E-state index in [1.807, 2.05) is 27.0 Å². The number of ether oxygens (including phenoxy) is 1. The number of aromatic nitrogens is 4. The maximum atomic E-state index is 11.8. The number of hydrogen-bond donors (Lipinski definition) is 3. The van der Waals surface area contributed by atoms with Gasteiger partial charge in [0, 0.05) is 47.2 Å². The number of carbonyl (C=O) groups excluding carboxylic acids is 1. The van der Waals surface area contributed by atoms with Crippen LogP contribution in [0.15, 0.2) is 30.6 Å². The first-order valence-corrected chi connectivity index (χ1v) is 13.5. The van der Waals surface area contributed by atoms with Gasteiger partial charge in [-0.3, -0.25) is 9.40 Å². The molecule has 3 rings (SSSR count). The number of sulfonamides is 1. The molecule has 1 atom stereocenters. The molecule has 1 aromatic carbocycles. The summed E-state index contributed by atoms with van der Waals surface area (Å²) in [6.07, 6.45) is 3.91. The second kappa shape index (κ2) is 11.3. The largest absolute Gasteiger partial charge is 0.453 e. The highest BCUT2D eigenvalue weighted by Gasteiger charge is 2.21. The number of anilines is 2. The zero-order valence-electron chi connectivity index (χ0n) is 20.3. The Morgan fingerprint density at radius 2 is 1.92 bits per heavy atom. The Morgan fingerprint density at radius 3 is 2.56 bits per heavy atom. The van der Waals surface area contributed by atoms with Gasteiger partial charge in [0.15, 0.2) is 0 Å². The third kappa shape index (κ3) is 6.99. The van der Waals surface area contributed by atoms with Gasteiger partial charge in [0.25, 0.3) is 0 Å². The van der Waals surface area contributed by atoms with Gasteiger partial charge in [0.05, 0.1) is 29.8 Å². The highest BCUT2D eigenvalue weighted by molar-refractivity contribution is 7.92. The van der Waals surface area contributed by atoms with Gasteiger partial charge in [-0.1, -0.05) is 23.2 Å². The van der Waals surface area contributed by atoms with Crippen LogP contribution in [0.1, 0.15) is 26.8 Å². The topological polar surface area (TPSA) is 140 Å². The number of nitrogens with zero attached hydrogens (tertiary/aromatic N) is 4. The quantitative estimate of drug-likeness (QED) is 0.352. The molecule has 194 valence electrons. The minimum Gasteiger partial charge on any atom is -0.453 e. The summed E-state index contributed by atoms with van der Waals surface area (Å²) >= 11 is 12.9. The molecule has 1 amide bonds. The van der Waals surface area contributed by atoms with Gasteiger partial charge in [-0.15, -0.1) is 0 Å². The van der Waals surface area contributed by atoms with Gasteiger partial charge in [0.2, 0.25) is 16.0 Å². The lowest BCUT2D eigenvalue weighted by molar-refractivity contribution is 0.168. The van der Waals surface area contributed by atoms with Gasteiger partial charge in [-0.05, 0) is 39.0 Å². The molecule has 0 bridgehead atoms. The normalized spacial score (nSPS) is 12.3. The summed E-state index contributed by atoms with van der Waals surface area (Å²) in [4.78, 5) is 20.2. The number of nitrogens with one attached hydrogen (secondary N) is 3. The summed E-state index contributed by atoms with van der Waals surface area (Å²) in [5.74, 6) is 0.339. The summed E-state index contributed by atoms with van der Waals surface area (Å²) in [6, 6.07) is 4.56. The molecule has 0 aliphatic rings. The van der Waals surface area contributed by atoms with Gasteiger partial charge in [0.1, 0.15) is 5.69 Å². The highest BCUT2D eigenvalue weighted by Crippen LogP contribution is 2.40. The lowest BCUT2D eigenvalue weighted by atomic mass is 10.0. The van der Waals surface area contributed by atoms with Crippen LogP contribution in [0.2, 0.25) is 10.0 Å². The van der Waals surface area contributed by atoms with Crippen LogP contribution in [0.5, 0.6) is 0 Å². The molecule has 0 saturated heterocycles. The summed E-state index contributed by atoms with van der Waals surface area (Å²) < 4.78 is 32.4. The van der Waals surface area contributed by atoms with Crippen LogP contribution in [-0.4, -0.2) is 60.2 Å². The van der Waals surface area contributed by atoms with E-state index in [0.717, 1.165) is 6.26 Å². The van der Waals surface area contributed by atoms with Crippen molar-refractivity contribution in [2.45, 2.75) is 32.9 Å². The minimum atomic E-state index is -3.60. The Balaban J connectivity index is 2.03. The molecule has 36 heavy (non-hydrogen) atoms. The van der Waals surface area contributed by atoms with Crippen molar-refractivity contribution in [3.63, 3.8) is 0 Å². The van der Waals surface area contributed by atoms with E-state index in [2.05, 4.69) is 30.1 Å². The van der Waals surface area contributed by atoms with E-state index in [1.54, 1.807) is 23.0 Å². The zero-order valence-corrected chi connectivity index (χ0v) is 22.7. The predicted octanol–water partition coefficient (Wildman–Crippen LogP) is 4.42. The van der Waals surface area contributed by atoms with Gasteiger partial charge < -0.3 is 15.4 Å². The Morgan fingerprint density at radius 1 is 1.19 bits per heavy atom. The molecule has 2 heterocycles. The Bertz CT molecular complexity index is 1360. The van der Waals surface area contributed by atoms with Crippen molar-refractivity contribution in [1.29, 1.82) is 0 Å². The Kier molecular flexibility index (Phi) is 8.64. The first-order chi connectivity index (χ1) is 16.9. The average Bonchev–Trinajstić information content (AvgIpc) is 3.25. The molecule has 0 aliphatic carbocycles. The van der Waals surface area contributed by atoms with Gasteiger partial charge in [-0.25, -0.2) is 23.2 Å². The van der Waals surface area contributed by atoms with Gasteiger partial charge in [-0.2, -0.15) is 5.10 Å². The van der Waals surface area contributed by atoms with E-state index >= 15 is 0 Å². The van der Waals surface area contributed by atoms with Crippen molar-refractivity contribution in [2.24, 2.45) is 0 Å². The Hall–Kier alpha value is -3.09. The first-order valence-electron chi connectivity index (χ1n) is 10.9. The maximum Gasteiger partial charge on any atom is 0.407 e. The highest BCUT2D eigenvalue weighted by atomic mass is 35.5. The van der Waals surface area contributed by atoms with E-state index in [-0.39, 0.29) is 27.8 Å². The molecular formula is C22H27Cl2N7O4S. The van der Waals surface area contributed by atoms with Crippen molar-refractivity contribution in [3.8, 4) is 22.5 Å². The number of halogens is 2. The van der Waals surface area contributed by atoms with E-state index in [0.29, 0.717) is 35.0 Å². The summed E-state index contributed by atoms with van der Waals surface area (Å²) in [7, 11) is -2.30. The van der Waals surface area contributed by atoms with Crippen LogP contribution in [0.25, 0.3) is 22.5 Å². The van der Waals surface area contributed by atoms with E-state index in [9.17, 15) is 13.2 Å². The zero-order chi connectivity index (χ0) is 26.6. The van der Waals surface area contributed by atoms with Crippen LogP contribution in [0.4, 0.5) is 16.4 Å². The molecule has 3 N–H and O–H groups in total.